The molecule has 0 aliphatic heterocycles. The van der Waals surface area contributed by atoms with Gasteiger partial charge in [-0.1, -0.05) is 19.1 Å². The monoisotopic (exact) mass is 273 g/mol. The Bertz CT molecular complexity index is 563. The van der Waals surface area contributed by atoms with Gasteiger partial charge in [0.2, 0.25) is 0 Å². The van der Waals surface area contributed by atoms with E-state index in [1.54, 1.807) is 12.1 Å². The molecule has 0 spiro atoms. The minimum atomic E-state index is -0.249. The summed E-state index contributed by atoms with van der Waals surface area (Å²) < 4.78 is 13.8. The highest BCUT2D eigenvalue weighted by atomic mass is 19.1. The van der Waals surface area contributed by atoms with Crippen LogP contribution < -0.4 is 5.73 Å². The molecule has 2 aromatic rings. The number of hydrogen-bond acceptors (Lipinski definition) is 3. The molecule has 0 bridgehead atoms. The van der Waals surface area contributed by atoms with Crippen molar-refractivity contribution < 1.29 is 4.39 Å². The van der Waals surface area contributed by atoms with Crippen LogP contribution in [0.5, 0.6) is 0 Å². The van der Waals surface area contributed by atoms with Crippen LogP contribution in [0.4, 0.5) is 10.1 Å². The lowest BCUT2D eigenvalue weighted by Gasteiger charge is -2.21. The summed E-state index contributed by atoms with van der Waals surface area (Å²) in [6.45, 7) is 6.00. The lowest BCUT2D eigenvalue weighted by atomic mass is 10.1. The Labute approximate surface area is 119 Å². The summed E-state index contributed by atoms with van der Waals surface area (Å²) in [6.07, 6.45) is 0. The number of nitrogens with zero attached hydrogens (tertiary/aromatic N) is 2. The van der Waals surface area contributed by atoms with Crippen LogP contribution in [0.3, 0.4) is 0 Å². The van der Waals surface area contributed by atoms with Gasteiger partial charge in [-0.05, 0) is 37.7 Å². The van der Waals surface area contributed by atoms with Gasteiger partial charge in [-0.15, -0.1) is 0 Å². The Morgan fingerprint density at radius 3 is 2.55 bits per heavy atom. The summed E-state index contributed by atoms with van der Waals surface area (Å²) in [5, 5.41) is 0. The summed E-state index contributed by atoms with van der Waals surface area (Å²) in [6, 6.07) is 10.8. The van der Waals surface area contributed by atoms with E-state index < -0.39 is 0 Å². The van der Waals surface area contributed by atoms with Crippen molar-refractivity contribution in [2.24, 2.45) is 0 Å². The Hall–Kier alpha value is -1.94. The average Bonchev–Trinajstić information content (AvgIpc) is 2.42. The number of hydrogen-bond donors (Lipinski definition) is 1. The van der Waals surface area contributed by atoms with Crippen LogP contribution in [-0.2, 0) is 13.1 Å². The van der Waals surface area contributed by atoms with E-state index in [-0.39, 0.29) is 5.82 Å². The zero-order valence-corrected chi connectivity index (χ0v) is 11.9. The number of anilines is 1. The van der Waals surface area contributed by atoms with E-state index in [2.05, 4.69) is 9.88 Å². The van der Waals surface area contributed by atoms with E-state index in [1.165, 1.54) is 6.07 Å². The Morgan fingerprint density at radius 2 is 1.90 bits per heavy atom. The quantitative estimate of drug-likeness (QED) is 0.851. The predicted molar refractivity (Wildman–Crippen MR) is 79.6 cm³/mol. The van der Waals surface area contributed by atoms with Gasteiger partial charge < -0.3 is 5.73 Å². The highest BCUT2D eigenvalue weighted by Crippen LogP contribution is 2.18. The number of nitrogens with two attached hydrogens (primary N) is 1. The first-order chi connectivity index (χ1) is 9.60. The first kappa shape index (κ1) is 14.5. The molecule has 0 amide bonds. The highest BCUT2D eigenvalue weighted by molar-refractivity contribution is 5.47. The molecule has 0 unspecified atom stereocenters. The van der Waals surface area contributed by atoms with E-state index in [4.69, 9.17) is 5.73 Å². The van der Waals surface area contributed by atoms with Crippen molar-refractivity contribution in [3.8, 4) is 0 Å². The fraction of sp³-hybridized carbons (Fsp3) is 0.312. The summed E-state index contributed by atoms with van der Waals surface area (Å²) in [5.41, 5.74) is 8.90. The minimum Gasteiger partial charge on any atom is -0.398 e. The van der Waals surface area contributed by atoms with Crippen LogP contribution in [0.25, 0.3) is 0 Å². The topological polar surface area (TPSA) is 42.2 Å². The molecular weight excluding hydrogens is 253 g/mol. The number of benzene rings is 1. The van der Waals surface area contributed by atoms with Crippen molar-refractivity contribution in [2.45, 2.75) is 26.9 Å². The van der Waals surface area contributed by atoms with Gasteiger partial charge in [0.05, 0.1) is 5.69 Å². The van der Waals surface area contributed by atoms with Gasteiger partial charge >= 0.3 is 0 Å². The zero-order chi connectivity index (χ0) is 14.5. The number of aryl methyl sites for hydroxylation is 1. The van der Waals surface area contributed by atoms with Gasteiger partial charge in [0, 0.05) is 30.0 Å². The Balaban J connectivity index is 2.13. The fourth-order valence-corrected chi connectivity index (χ4v) is 2.16. The van der Waals surface area contributed by atoms with Crippen molar-refractivity contribution in [3.05, 3.63) is 59.2 Å². The van der Waals surface area contributed by atoms with Gasteiger partial charge in [-0.3, -0.25) is 9.88 Å². The molecule has 0 aliphatic carbocycles. The van der Waals surface area contributed by atoms with Crippen LogP contribution in [0.1, 0.15) is 23.9 Å². The van der Waals surface area contributed by atoms with Crippen molar-refractivity contribution in [1.82, 2.24) is 9.88 Å². The lowest BCUT2D eigenvalue weighted by molar-refractivity contribution is 0.264. The summed E-state index contributed by atoms with van der Waals surface area (Å²) >= 11 is 0. The van der Waals surface area contributed by atoms with E-state index in [9.17, 15) is 4.39 Å². The molecule has 2 N–H and O–H groups in total. The largest absolute Gasteiger partial charge is 0.398 e. The third kappa shape index (κ3) is 3.54. The van der Waals surface area contributed by atoms with Crippen LogP contribution in [0.15, 0.2) is 36.4 Å². The molecule has 0 fully saturated rings. The Morgan fingerprint density at radius 1 is 1.15 bits per heavy atom. The number of nitrogen functional groups attached to an aromatic ring is 1. The average molecular weight is 273 g/mol. The normalized spacial score (nSPS) is 11.0. The molecule has 20 heavy (non-hydrogen) atoms. The molecule has 0 aliphatic rings. The smallest absolute Gasteiger partial charge is 0.129 e. The molecule has 2 rings (SSSR count). The second-order valence-electron chi connectivity index (χ2n) is 4.88. The van der Waals surface area contributed by atoms with Crippen molar-refractivity contribution in [3.63, 3.8) is 0 Å². The van der Waals surface area contributed by atoms with E-state index in [0.29, 0.717) is 24.3 Å². The standard InChI is InChI=1S/C16H20FN3/c1-3-20(10-13-7-4-6-12(2)19-13)11-14-15(17)8-5-9-16(14)18/h4-9H,3,10-11,18H2,1-2H3. The van der Waals surface area contributed by atoms with Crippen molar-refractivity contribution in [2.75, 3.05) is 12.3 Å². The van der Waals surface area contributed by atoms with Crippen LogP contribution in [-0.4, -0.2) is 16.4 Å². The van der Waals surface area contributed by atoms with Gasteiger partial charge in [0.25, 0.3) is 0 Å². The maximum Gasteiger partial charge on any atom is 0.129 e. The van der Waals surface area contributed by atoms with Gasteiger partial charge in [0.15, 0.2) is 0 Å². The molecule has 0 saturated heterocycles. The molecule has 4 heteroatoms. The molecule has 1 aromatic carbocycles. The number of rotatable bonds is 5. The van der Waals surface area contributed by atoms with Gasteiger partial charge in [-0.2, -0.15) is 0 Å². The first-order valence-electron chi connectivity index (χ1n) is 6.78. The molecule has 0 radical (unpaired) electrons. The second kappa shape index (κ2) is 6.48. The minimum absolute atomic E-state index is 0.249. The number of pyridine rings is 1. The molecule has 0 atom stereocenters. The third-order valence-corrected chi connectivity index (χ3v) is 3.32. The molecule has 0 saturated carbocycles. The van der Waals surface area contributed by atoms with E-state index in [1.807, 2.05) is 32.0 Å². The highest BCUT2D eigenvalue weighted by Gasteiger charge is 2.11. The molecule has 106 valence electrons. The van der Waals surface area contributed by atoms with Crippen LogP contribution in [0, 0.1) is 12.7 Å². The zero-order valence-electron chi connectivity index (χ0n) is 11.9. The first-order valence-corrected chi connectivity index (χ1v) is 6.78. The van der Waals surface area contributed by atoms with Crippen LogP contribution >= 0.6 is 0 Å². The summed E-state index contributed by atoms with van der Waals surface area (Å²) in [4.78, 5) is 6.60. The Kier molecular flexibility index (Phi) is 4.69. The van der Waals surface area contributed by atoms with Crippen molar-refractivity contribution in [1.29, 1.82) is 0 Å². The van der Waals surface area contributed by atoms with Crippen LogP contribution in [0.2, 0.25) is 0 Å². The van der Waals surface area contributed by atoms with Gasteiger partial charge in [-0.25, -0.2) is 4.39 Å². The molecule has 1 aromatic heterocycles. The summed E-state index contributed by atoms with van der Waals surface area (Å²) in [7, 11) is 0. The molecule has 3 nitrogen and oxygen atoms in total. The number of halogens is 1. The predicted octanol–water partition coefficient (Wildman–Crippen LogP) is 3.13. The van der Waals surface area contributed by atoms with Gasteiger partial charge in [0.1, 0.15) is 5.82 Å². The number of aromatic nitrogens is 1. The maximum atomic E-state index is 13.8. The summed E-state index contributed by atoms with van der Waals surface area (Å²) in [5.74, 6) is -0.249. The second-order valence-corrected chi connectivity index (χ2v) is 4.88. The van der Waals surface area contributed by atoms with Crippen molar-refractivity contribution >= 4 is 5.69 Å². The molecule has 1 heterocycles. The molecular formula is C16H20FN3. The van der Waals surface area contributed by atoms with E-state index in [0.717, 1.165) is 17.9 Å². The SMILES string of the molecule is CCN(Cc1cccc(C)n1)Cc1c(N)cccc1F. The third-order valence-electron chi connectivity index (χ3n) is 3.32. The van der Waals surface area contributed by atoms with E-state index >= 15 is 0 Å². The fourth-order valence-electron chi connectivity index (χ4n) is 2.16. The lowest BCUT2D eigenvalue weighted by Crippen LogP contribution is -2.24. The maximum absolute atomic E-state index is 13.8.